The van der Waals surface area contributed by atoms with E-state index in [2.05, 4.69) is 22.9 Å². The van der Waals surface area contributed by atoms with Crippen molar-refractivity contribution in [3.05, 3.63) is 29.3 Å². The van der Waals surface area contributed by atoms with Crippen LogP contribution in [0.3, 0.4) is 0 Å². The smallest absolute Gasteiger partial charge is 0.290 e. The molecule has 9 nitrogen and oxygen atoms in total. The largest absolute Gasteiger partial charge is 0.483 e. The van der Waals surface area contributed by atoms with Gasteiger partial charge in [0.1, 0.15) is 6.04 Å². The van der Waals surface area contributed by atoms with Gasteiger partial charge in [0.2, 0.25) is 11.8 Å². The van der Waals surface area contributed by atoms with Crippen molar-refractivity contribution in [2.75, 3.05) is 11.9 Å². The summed E-state index contributed by atoms with van der Waals surface area (Å²) in [5.41, 5.74) is 2.61. The Hall–Kier alpha value is -2.94. The van der Waals surface area contributed by atoms with E-state index in [9.17, 15) is 14.4 Å². The maximum absolute atomic E-state index is 12.8. The Bertz CT molecular complexity index is 841. The van der Waals surface area contributed by atoms with Crippen LogP contribution in [0.4, 0.5) is 5.69 Å². The zero-order valence-electron chi connectivity index (χ0n) is 17.7. The zero-order valence-corrected chi connectivity index (χ0v) is 17.7. The Labute approximate surface area is 181 Å². The average molecular weight is 431 g/mol. The highest BCUT2D eigenvalue weighted by molar-refractivity contribution is 6.05. The Morgan fingerprint density at radius 3 is 2.55 bits per heavy atom. The number of piperidine rings is 1. The maximum Gasteiger partial charge on any atom is 0.290 e. The molecule has 0 spiro atoms. The highest BCUT2D eigenvalue weighted by Gasteiger charge is 2.39. The fourth-order valence-corrected chi connectivity index (χ4v) is 4.69. The standard InChI is InChI=1S/C21H28N4O3.CH2O2/c1-2-22-16-5-3-4-6-17(16)23-14-7-8-15-13(11-14)12-25(21(15)28)18-9-10-19(26)24-20(18)27;2-1-3/h7-8,11,16-18,22-23H,2-6,9-10,12H2,1H3,(H,24,26,27);1H,(H,2,3)/t16-,17-,18?;/m0./s1. The van der Waals surface area contributed by atoms with Gasteiger partial charge in [-0.15, -0.1) is 0 Å². The number of anilines is 1. The Morgan fingerprint density at radius 2 is 1.87 bits per heavy atom. The van der Waals surface area contributed by atoms with Crippen LogP contribution < -0.4 is 16.0 Å². The summed E-state index contributed by atoms with van der Waals surface area (Å²) in [7, 11) is 0. The fourth-order valence-electron chi connectivity index (χ4n) is 4.69. The van der Waals surface area contributed by atoms with Gasteiger partial charge >= 0.3 is 0 Å². The molecule has 168 valence electrons. The van der Waals surface area contributed by atoms with Crippen LogP contribution in [0.1, 0.15) is 61.4 Å². The van der Waals surface area contributed by atoms with E-state index in [4.69, 9.17) is 9.90 Å². The minimum Gasteiger partial charge on any atom is -0.483 e. The van der Waals surface area contributed by atoms with Crippen molar-refractivity contribution in [3.8, 4) is 0 Å². The summed E-state index contributed by atoms with van der Waals surface area (Å²) in [6, 6.07) is 6.14. The molecule has 3 aliphatic rings. The number of benzene rings is 1. The van der Waals surface area contributed by atoms with Crippen molar-refractivity contribution in [1.82, 2.24) is 15.5 Å². The lowest BCUT2D eigenvalue weighted by molar-refractivity contribution is -0.137. The molecule has 0 radical (unpaired) electrons. The van der Waals surface area contributed by atoms with Crippen LogP contribution in [0.5, 0.6) is 0 Å². The van der Waals surface area contributed by atoms with Crippen molar-refractivity contribution in [1.29, 1.82) is 0 Å². The molecule has 0 bridgehead atoms. The van der Waals surface area contributed by atoms with Crippen LogP contribution >= 0.6 is 0 Å². The van der Waals surface area contributed by atoms with E-state index in [1.165, 1.54) is 19.3 Å². The molecule has 9 heteroatoms. The third kappa shape index (κ3) is 5.22. The number of fused-ring (bicyclic) bond motifs is 1. The lowest BCUT2D eigenvalue weighted by Crippen LogP contribution is -2.52. The van der Waals surface area contributed by atoms with Crippen LogP contribution in [0, 0.1) is 0 Å². The predicted molar refractivity (Wildman–Crippen MR) is 115 cm³/mol. The Balaban J connectivity index is 0.000000858. The van der Waals surface area contributed by atoms with Crippen molar-refractivity contribution >= 4 is 29.9 Å². The molecular weight excluding hydrogens is 400 g/mol. The number of carbonyl (C=O) groups is 4. The first kappa shape index (κ1) is 22.7. The topological polar surface area (TPSA) is 128 Å². The second-order valence-corrected chi connectivity index (χ2v) is 8.08. The first-order chi connectivity index (χ1) is 15.0. The van der Waals surface area contributed by atoms with Gasteiger partial charge in [-0.05, 0) is 49.6 Å². The van der Waals surface area contributed by atoms with Gasteiger partial charge in [-0.25, -0.2) is 0 Å². The second kappa shape index (κ2) is 10.4. The number of hydrogen-bond acceptors (Lipinski definition) is 6. The Morgan fingerprint density at radius 1 is 1.16 bits per heavy atom. The number of nitrogens with zero attached hydrogens (tertiary/aromatic N) is 1. The molecule has 0 aromatic heterocycles. The number of carbonyl (C=O) groups excluding carboxylic acids is 3. The first-order valence-electron chi connectivity index (χ1n) is 10.8. The first-order valence-corrected chi connectivity index (χ1v) is 10.8. The summed E-state index contributed by atoms with van der Waals surface area (Å²) in [4.78, 5) is 46.3. The summed E-state index contributed by atoms with van der Waals surface area (Å²) < 4.78 is 0. The van der Waals surface area contributed by atoms with E-state index in [-0.39, 0.29) is 30.6 Å². The molecule has 1 aromatic rings. The van der Waals surface area contributed by atoms with Gasteiger partial charge in [0.15, 0.2) is 0 Å². The van der Waals surface area contributed by atoms with Crippen molar-refractivity contribution in [2.24, 2.45) is 0 Å². The van der Waals surface area contributed by atoms with E-state index in [0.29, 0.717) is 30.6 Å². The molecule has 2 aliphatic heterocycles. The number of likely N-dealkylation sites (N-methyl/N-ethyl adjacent to an activating group) is 1. The molecule has 2 fully saturated rings. The highest BCUT2D eigenvalue weighted by Crippen LogP contribution is 2.30. The molecule has 1 saturated carbocycles. The molecule has 31 heavy (non-hydrogen) atoms. The summed E-state index contributed by atoms with van der Waals surface area (Å²) in [5, 5.41) is 16.5. The molecule has 1 aromatic carbocycles. The van der Waals surface area contributed by atoms with Gasteiger partial charge in [0.05, 0.1) is 0 Å². The minimum atomic E-state index is -0.564. The molecule has 2 heterocycles. The van der Waals surface area contributed by atoms with Crippen molar-refractivity contribution < 1.29 is 24.3 Å². The van der Waals surface area contributed by atoms with Gasteiger partial charge in [-0.2, -0.15) is 0 Å². The van der Waals surface area contributed by atoms with Crippen LogP contribution in [0.2, 0.25) is 0 Å². The fraction of sp³-hybridized carbons (Fsp3) is 0.545. The summed E-state index contributed by atoms with van der Waals surface area (Å²) >= 11 is 0. The molecule has 1 saturated heterocycles. The maximum atomic E-state index is 12.8. The van der Waals surface area contributed by atoms with Crippen LogP contribution in [0.25, 0.3) is 0 Å². The van der Waals surface area contributed by atoms with Crippen LogP contribution in [-0.2, 0) is 20.9 Å². The van der Waals surface area contributed by atoms with Gasteiger partial charge < -0.3 is 20.6 Å². The average Bonchev–Trinajstić information content (AvgIpc) is 3.06. The predicted octanol–water partition coefficient (Wildman–Crippen LogP) is 1.48. The van der Waals surface area contributed by atoms with Gasteiger partial charge in [-0.1, -0.05) is 19.8 Å². The summed E-state index contributed by atoms with van der Waals surface area (Å²) in [6.45, 7) is 3.26. The third-order valence-corrected chi connectivity index (χ3v) is 6.11. The normalized spacial score (nSPS) is 25.3. The number of carboxylic acid groups (broad SMARTS) is 1. The summed E-state index contributed by atoms with van der Waals surface area (Å²) in [6.07, 6.45) is 5.47. The third-order valence-electron chi connectivity index (χ3n) is 6.11. The van der Waals surface area contributed by atoms with Gasteiger partial charge in [0.25, 0.3) is 12.4 Å². The molecule has 1 aliphatic carbocycles. The number of amides is 3. The lowest BCUT2D eigenvalue weighted by Gasteiger charge is -2.33. The van der Waals surface area contributed by atoms with E-state index in [0.717, 1.165) is 24.2 Å². The van der Waals surface area contributed by atoms with Crippen LogP contribution in [-0.4, -0.2) is 58.9 Å². The molecule has 3 atom stereocenters. The van der Waals surface area contributed by atoms with Crippen molar-refractivity contribution in [2.45, 2.75) is 70.1 Å². The van der Waals surface area contributed by atoms with E-state index in [1.54, 1.807) is 4.90 Å². The number of nitrogens with one attached hydrogen (secondary N) is 3. The molecule has 3 amide bonds. The number of rotatable bonds is 5. The molecule has 4 rings (SSSR count). The van der Waals surface area contributed by atoms with Crippen molar-refractivity contribution in [3.63, 3.8) is 0 Å². The second-order valence-electron chi connectivity index (χ2n) is 8.08. The monoisotopic (exact) mass is 430 g/mol. The van der Waals surface area contributed by atoms with Gasteiger partial charge in [0, 0.05) is 36.3 Å². The SMILES string of the molecule is CCN[C@H]1CCCC[C@@H]1Nc1ccc2c(c1)CN(C1CCC(=O)NC1=O)C2=O.O=CO. The molecule has 4 N–H and O–H groups in total. The quantitative estimate of drug-likeness (QED) is 0.411. The Kier molecular flexibility index (Phi) is 7.62. The molecule has 1 unspecified atom stereocenters. The highest BCUT2D eigenvalue weighted by atomic mass is 16.3. The molecular formula is C22H30N4O5. The number of imide groups is 1. The van der Waals surface area contributed by atoms with E-state index < -0.39 is 6.04 Å². The van der Waals surface area contributed by atoms with E-state index >= 15 is 0 Å². The minimum absolute atomic E-state index is 0.126. The lowest BCUT2D eigenvalue weighted by atomic mass is 9.90. The summed E-state index contributed by atoms with van der Waals surface area (Å²) in [5.74, 6) is -0.759. The van der Waals surface area contributed by atoms with Gasteiger partial charge in [-0.3, -0.25) is 24.5 Å². The van der Waals surface area contributed by atoms with Crippen LogP contribution in [0.15, 0.2) is 18.2 Å². The number of hydrogen-bond donors (Lipinski definition) is 4. The van der Waals surface area contributed by atoms with E-state index in [1.807, 2.05) is 18.2 Å². The zero-order chi connectivity index (χ0) is 22.4.